The molecule has 2 N–H and O–H groups in total. The molecule has 3 heteroatoms. The second-order valence-electron chi connectivity index (χ2n) is 6.21. The number of aryl methyl sites for hydroxylation is 2. The average Bonchev–Trinajstić information content (AvgIpc) is 2.43. The smallest absolute Gasteiger partial charge is 0.227 e. The van der Waals surface area contributed by atoms with E-state index >= 15 is 0 Å². The number of amides is 1. The van der Waals surface area contributed by atoms with Gasteiger partial charge in [0.1, 0.15) is 0 Å². The lowest BCUT2D eigenvalue weighted by Gasteiger charge is -2.34. The van der Waals surface area contributed by atoms with Crippen LogP contribution in [0.15, 0.2) is 18.2 Å². The van der Waals surface area contributed by atoms with Crippen molar-refractivity contribution < 1.29 is 4.79 Å². The summed E-state index contributed by atoms with van der Waals surface area (Å²) in [5.74, 6) is 0.690. The molecule has 0 spiro atoms. The first-order chi connectivity index (χ1) is 9.47. The van der Waals surface area contributed by atoms with Gasteiger partial charge >= 0.3 is 0 Å². The van der Waals surface area contributed by atoms with E-state index in [2.05, 4.69) is 32.0 Å². The SMILES string of the molecule is Cc1ccc(C)c(CC(=O)N2CCC[C@H]([C@@H](C)N)C2)c1. The summed E-state index contributed by atoms with van der Waals surface area (Å²) in [5, 5.41) is 0. The summed E-state index contributed by atoms with van der Waals surface area (Å²) < 4.78 is 0. The van der Waals surface area contributed by atoms with Crippen LogP contribution >= 0.6 is 0 Å². The molecular formula is C17H26N2O. The van der Waals surface area contributed by atoms with E-state index in [1.807, 2.05) is 11.8 Å². The van der Waals surface area contributed by atoms with E-state index in [9.17, 15) is 4.79 Å². The van der Waals surface area contributed by atoms with Crippen LogP contribution in [0.25, 0.3) is 0 Å². The van der Waals surface area contributed by atoms with E-state index in [0.29, 0.717) is 12.3 Å². The van der Waals surface area contributed by atoms with Gasteiger partial charge in [-0.15, -0.1) is 0 Å². The molecule has 1 saturated heterocycles. The van der Waals surface area contributed by atoms with Crippen molar-refractivity contribution in [1.29, 1.82) is 0 Å². The lowest BCUT2D eigenvalue weighted by Crippen LogP contribution is -2.45. The Hall–Kier alpha value is -1.35. The van der Waals surface area contributed by atoms with E-state index in [0.717, 1.165) is 31.5 Å². The van der Waals surface area contributed by atoms with Crippen molar-refractivity contribution in [2.45, 2.75) is 46.1 Å². The fourth-order valence-electron chi connectivity index (χ4n) is 2.93. The zero-order chi connectivity index (χ0) is 14.7. The third-order valence-electron chi connectivity index (χ3n) is 4.40. The molecule has 1 heterocycles. The number of nitrogens with two attached hydrogens (primary N) is 1. The Morgan fingerprint density at radius 2 is 2.20 bits per heavy atom. The minimum Gasteiger partial charge on any atom is -0.342 e. The molecule has 1 aliphatic rings. The molecule has 0 bridgehead atoms. The fraction of sp³-hybridized carbons (Fsp3) is 0.588. The van der Waals surface area contributed by atoms with Gasteiger partial charge in [-0.2, -0.15) is 0 Å². The molecule has 1 aromatic rings. The van der Waals surface area contributed by atoms with Crippen LogP contribution in [0.4, 0.5) is 0 Å². The molecule has 0 saturated carbocycles. The summed E-state index contributed by atoms with van der Waals surface area (Å²) in [7, 11) is 0. The second kappa shape index (κ2) is 6.40. The molecule has 1 aromatic carbocycles. The predicted molar refractivity (Wildman–Crippen MR) is 82.6 cm³/mol. The zero-order valence-corrected chi connectivity index (χ0v) is 12.9. The van der Waals surface area contributed by atoms with E-state index in [1.165, 1.54) is 11.1 Å². The molecule has 1 fully saturated rings. The summed E-state index contributed by atoms with van der Waals surface area (Å²) in [6, 6.07) is 6.49. The summed E-state index contributed by atoms with van der Waals surface area (Å²) >= 11 is 0. The molecule has 3 nitrogen and oxygen atoms in total. The molecule has 0 unspecified atom stereocenters. The number of piperidine rings is 1. The molecule has 1 amide bonds. The Labute approximate surface area is 122 Å². The lowest BCUT2D eigenvalue weighted by atomic mass is 9.91. The van der Waals surface area contributed by atoms with Crippen LogP contribution in [0.5, 0.6) is 0 Å². The number of rotatable bonds is 3. The highest BCUT2D eigenvalue weighted by Crippen LogP contribution is 2.20. The molecule has 0 aromatic heterocycles. The predicted octanol–water partition coefficient (Wildman–Crippen LogP) is 2.43. The largest absolute Gasteiger partial charge is 0.342 e. The molecule has 20 heavy (non-hydrogen) atoms. The fourth-order valence-corrected chi connectivity index (χ4v) is 2.93. The van der Waals surface area contributed by atoms with Crippen molar-refractivity contribution in [2.24, 2.45) is 11.7 Å². The van der Waals surface area contributed by atoms with Crippen molar-refractivity contribution in [1.82, 2.24) is 4.90 Å². The van der Waals surface area contributed by atoms with Gasteiger partial charge in [0, 0.05) is 19.1 Å². The molecule has 2 rings (SSSR count). The van der Waals surface area contributed by atoms with Gasteiger partial charge in [0.2, 0.25) is 5.91 Å². The van der Waals surface area contributed by atoms with Gasteiger partial charge < -0.3 is 10.6 Å². The Kier molecular flexibility index (Phi) is 4.81. The number of hydrogen-bond acceptors (Lipinski definition) is 2. The summed E-state index contributed by atoms with van der Waals surface area (Å²) in [6.07, 6.45) is 2.73. The van der Waals surface area contributed by atoms with E-state index in [-0.39, 0.29) is 11.9 Å². The minimum atomic E-state index is 0.173. The Morgan fingerprint density at radius 3 is 2.90 bits per heavy atom. The third-order valence-corrected chi connectivity index (χ3v) is 4.40. The van der Waals surface area contributed by atoms with Crippen molar-refractivity contribution in [2.75, 3.05) is 13.1 Å². The normalized spacial score (nSPS) is 20.8. The van der Waals surface area contributed by atoms with Crippen LogP contribution in [0, 0.1) is 19.8 Å². The van der Waals surface area contributed by atoms with Gasteiger partial charge in [-0.3, -0.25) is 4.79 Å². The number of hydrogen-bond donors (Lipinski definition) is 1. The second-order valence-corrected chi connectivity index (χ2v) is 6.21. The topological polar surface area (TPSA) is 46.3 Å². The summed E-state index contributed by atoms with van der Waals surface area (Å²) in [5.41, 5.74) is 9.55. The van der Waals surface area contributed by atoms with Crippen molar-refractivity contribution >= 4 is 5.91 Å². The van der Waals surface area contributed by atoms with Crippen LogP contribution < -0.4 is 5.73 Å². The average molecular weight is 274 g/mol. The first-order valence-corrected chi connectivity index (χ1v) is 7.57. The number of nitrogens with zero attached hydrogens (tertiary/aromatic N) is 1. The highest BCUT2D eigenvalue weighted by molar-refractivity contribution is 5.79. The van der Waals surface area contributed by atoms with Crippen molar-refractivity contribution in [3.63, 3.8) is 0 Å². The molecule has 110 valence electrons. The van der Waals surface area contributed by atoms with Gasteiger partial charge in [-0.05, 0) is 50.7 Å². The van der Waals surface area contributed by atoms with Crippen LogP contribution in [-0.4, -0.2) is 29.9 Å². The van der Waals surface area contributed by atoms with Gasteiger partial charge in [0.05, 0.1) is 6.42 Å². The van der Waals surface area contributed by atoms with E-state index in [4.69, 9.17) is 5.73 Å². The lowest BCUT2D eigenvalue weighted by molar-refractivity contribution is -0.132. The zero-order valence-electron chi connectivity index (χ0n) is 12.9. The molecule has 0 aliphatic carbocycles. The van der Waals surface area contributed by atoms with E-state index < -0.39 is 0 Å². The quantitative estimate of drug-likeness (QED) is 0.920. The van der Waals surface area contributed by atoms with Crippen LogP contribution in [0.3, 0.4) is 0 Å². The number of carbonyl (C=O) groups is 1. The van der Waals surface area contributed by atoms with Gasteiger partial charge in [-0.1, -0.05) is 23.8 Å². The van der Waals surface area contributed by atoms with Crippen molar-refractivity contribution in [3.8, 4) is 0 Å². The molecule has 0 radical (unpaired) electrons. The number of carbonyl (C=O) groups excluding carboxylic acids is 1. The van der Waals surface area contributed by atoms with Gasteiger partial charge in [0.25, 0.3) is 0 Å². The standard InChI is InChI=1S/C17H26N2O/c1-12-6-7-13(2)16(9-12)10-17(20)19-8-4-5-15(11-19)14(3)18/h6-7,9,14-15H,4-5,8,10-11,18H2,1-3H3/t14-,15+/m1/s1. The number of benzene rings is 1. The Morgan fingerprint density at radius 1 is 1.45 bits per heavy atom. The number of likely N-dealkylation sites (tertiary alicyclic amines) is 1. The first kappa shape index (κ1) is 15.0. The van der Waals surface area contributed by atoms with Gasteiger partial charge in [0.15, 0.2) is 0 Å². The van der Waals surface area contributed by atoms with Crippen LogP contribution in [-0.2, 0) is 11.2 Å². The van der Waals surface area contributed by atoms with Crippen molar-refractivity contribution in [3.05, 3.63) is 34.9 Å². The van der Waals surface area contributed by atoms with Crippen LogP contribution in [0.2, 0.25) is 0 Å². The molecule has 1 aliphatic heterocycles. The third kappa shape index (κ3) is 3.60. The summed E-state index contributed by atoms with van der Waals surface area (Å²) in [6.45, 7) is 7.89. The maximum atomic E-state index is 12.5. The van der Waals surface area contributed by atoms with E-state index in [1.54, 1.807) is 0 Å². The molecular weight excluding hydrogens is 248 g/mol. The Balaban J connectivity index is 2.02. The van der Waals surface area contributed by atoms with Gasteiger partial charge in [-0.25, -0.2) is 0 Å². The Bertz CT molecular complexity index is 482. The highest BCUT2D eigenvalue weighted by Gasteiger charge is 2.25. The first-order valence-electron chi connectivity index (χ1n) is 7.57. The monoisotopic (exact) mass is 274 g/mol. The molecule has 2 atom stereocenters. The maximum Gasteiger partial charge on any atom is 0.227 e. The minimum absolute atomic E-state index is 0.173. The summed E-state index contributed by atoms with van der Waals surface area (Å²) in [4.78, 5) is 14.5. The maximum absolute atomic E-state index is 12.5. The highest BCUT2D eigenvalue weighted by atomic mass is 16.2. The van der Waals surface area contributed by atoms with Crippen LogP contribution in [0.1, 0.15) is 36.5 Å².